The maximum Gasteiger partial charge on any atom is 0.253 e. The van der Waals surface area contributed by atoms with Gasteiger partial charge in [0.05, 0.1) is 18.6 Å². The molecule has 0 amide bonds. The van der Waals surface area contributed by atoms with Gasteiger partial charge in [0.1, 0.15) is 5.82 Å². The molecule has 2 aromatic heterocycles. The molecule has 0 saturated heterocycles. The predicted octanol–water partition coefficient (Wildman–Crippen LogP) is 1.35. The van der Waals surface area contributed by atoms with Gasteiger partial charge in [-0.1, -0.05) is 6.42 Å². The van der Waals surface area contributed by atoms with Crippen LogP contribution in [0.5, 0.6) is 0 Å². The van der Waals surface area contributed by atoms with E-state index in [-0.39, 0.29) is 5.56 Å². The first-order chi connectivity index (χ1) is 8.83. The fraction of sp³-hybridized carbons (Fsp3) is 0.385. The summed E-state index contributed by atoms with van der Waals surface area (Å²) < 4.78 is 1.54. The molecule has 0 radical (unpaired) electrons. The summed E-state index contributed by atoms with van der Waals surface area (Å²) in [5.74, 6) is 1.11. The molecule has 18 heavy (non-hydrogen) atoms. The summed E-state index contributed by atoms with van der Waals surface area (Å²) in [4.78, 5) is 24.5. The molecule has 0 spiro atoms. The molecule has 0 aromatic carbocycles. The number of aromatic nitrogens is 4. The van der Waals surface area contributed by atoms with E-state index in [0.29, 0.717) is 18.3 Å². The van der Waals surface area contributed by atoms with Crippen LogP contribution in [0.3, 0.4) is 0 Å². The van der Waals surface area contributed by atoms with Crippen LogP contribution in [0.2, 0.25) is 0 Å². The van der Waals surface area contributed by atoms with E-state index in [1.54, 1.807) is 30.9 Å². The molecule has 0 unspecified atom stereocenters. The molecule has 1 saturated carbocycles. The van der Waals surface area contributed by atoms with Crippen LogP contribution in [-0.2, 0) is 6.54 Å². The smallest absolute Gasteiger partial charge is 0.253 e. The molecule has 1 fully saturated rings. The molecule has 3 rings (SSSR count). The first-order valence-corrected chi connectivity index (χ1v) is 6.15. The summed E-state index contributed by atoms with van der Waals surface area (Å²) in [7, 11) is 0. The van der Waals surface area contributed by atoms with Gasteiger partial charge in [-0.05, 0) is 18.9 Å². The number of hydrogen-bond donors (Lipinski definition) is 0. The second-order valence-corrected chi connectivity index (χ2v) is 4.57. The summed E-state index contributed by atoms with van der Waals surface area (Å²) in [5.41, 5.74) is 0.899. The predicted molar refractivity (Wildman–Crippen MR) is 66.2 cm³/mol. The highest BCUT2D eigenvalue weighted by molar-refractivity contribution is 5.10. The average molecular weight is 242 g/mol. The van der Waals surface area contributed by atoms with Gasteiger partial charge < -0.3 is 0 Å². The Morgan fingerprint density at radius 3 is 2.61 bits per heavy atom. The lowest BCUT2D eigenvalue weighted by atomic mass is 9.83. The molecular weight excluding hydrogens is 228 g/mol. The first kappa shape index (κ1) is 11.1. The van der Waals surface area contributed by atoms with Gasteiger partial charge in [-0.15, -0.1) is 0 Å². The van der Waals surface area contributed by atoms with Crippen molar-refractivity contribution in [3.63, 3.8) is 0 Å². The Morgan fingerprint density at radius 1 is 1.22 bits per heavy atom. The molecule has 0 bridgehead atoms. The molecular formula is C13H14N4O. The Balaban J connectivity index is 1.83. The SMILES string of the molecule is O=c1cc(C2CCC2)ncn1Cc1ncccn1. The van der Waals surface area contributed by atoms with Crippen molar-refractivity contribution in [1.29, 1.82) is 0 Å². The van der Waals surface area contributed by atoms with Gasteiger partial charge in [-0.3, -0.25) is 9.36 Å². The van der Waals surface area contributed by atoms with Crippen molar-refractivity contribution in [2.75, 3.05) is 0 Å². The Kier molecular flexibility index (Phi) is 2.88. The fourth-order valence-corrected chi connectivity index (χ4v) is 2.05. The molecule has 2 aromatic rings. The Labute approximate surface area is 105 Å². The monoisotopic (exact) mass is 242 g/mol. The van der Waals surface area contributed by atoms with Gasteiger partial charge in [0.15, 0.2) is 0 Å². The van der Waals surface area contributed by atoms with Crippen molar-refractivity contribution in [2.45, 2.75) is 31.7 Å². The molecule has 0 N–H and O–H groups in total. The van der Waals surface area contributed by atoms with Gasteiger partial charge in [0.2, 0.25) is 0 Å². The van der Waals surface area contributed by atoms with E-state index in [2.05, 4.69) is 15.0 Å². The van der Waals surface area contributed by atoms with Crippen LogP contribution in [0.4, 0.5) is 0 Å². The molecule has 5 heteroatoms. The minimum atomic E-state index is -0.0284. The normalized spacial score (nSPS) is 15.3. The highest BCUT2D eigenvalue weighted by Gasteiger charge is 2.21. The summed E-state index contributed by atoms with van der Waals surface area (Å²) in [6.07, 6.45) is 8.49. The molecule has 0 atom stereocenters. The molecule has 1 aliphatic rings. The molecule has 0 aliphatic heterocycles. The highest BCUT2D eigenvalue weighted by Crippen LogP contribution is 2.34. The zero-order valence-electron chi connectivity index (χ0n) is 9.99. The van der Waals surface area contributed by atoms with Gasteiger partial charge >= 0.3 is 0 Å². The number of nitrogens with zero attached hydrogens (tertiary/aromatic N) is 4. The van der Waals surface area contributed by atoms with Crippen molar-refractivity contribution in [1.82, 2.24) is 19.5 Å². The minimum absolute atomic E-state index is 0.0284. The van der Waals surface area contributed by atoms with Gasteiger partial charge in [-0.2, -0.15) is 0 Å². The van der Waals surface area contributed by atoms with E-state index >= 15 is 0 Å². The summed E-state index contributed by atoms with van der Waals surface area (Å²) >= 11 is 0. The maximum atomic E-state index is 12.0. The van der Waals surface area contributed by atoms with E-state index in [9.17, 15) is 4.79 Å². The number of rotatable bonds is 3. The van der Waals surface area contributed by atoms with E-state index in [0.717, 1.165) is 18.5 Å². The van der Waals surface area contributed by atoms with Crippen LogP contribution in [0.25, 0.3) is 0 Å². The number of hydrogen-bond acceptors (Lipinski definition) is 4. The largest absolute Gasteiger partial charge is 0.292 e. The lowest BCUT2D eigenvalue weighted by Crippen LogP contribution is -2.24. The fourth-order valence-electron chi connectivity index (χ4n) is 2.05. The average Bonchev–Trinajstić information content (AvgIpc) is 2.32. The van der Waals surface area contributed by atoms with Crippen LogP contribution in [0.15, 0.2) is 35.6 Å². The van der Waals surface area contributed by atoms with Crippen LogP contribution in [0, 0.1) is 0 Å². The van der Waals surface area contributed by atoms with Crippen molar-refractivity contribution in [3.8, 4) is 0 Å². The maximum absolute atomic E-state index is 12.0. The summed E-state index contributed by atoms with van der Waals surface area (Å²) in [6.45, 7) is 0.373. The summed E-state index contributed by atoms with van der Waals surface area (Å²) in [5, 5.41) is 0. The van der Waals surface area contributed by atoms with Crippen molar-refractivity contribution in [3.05, 3.63) is 52.7 Å². The van der Waals surface area contributed by atoms with Crippen LogP contribution in [-0.4, -0.2) is 19.5 Å². The van der Waals surface area contributed by atoms with Crippen LogP contribution >= 0.6 is 0 Å². The van der Waals surface area contributed by atoms with Crippen molar-refractivity contribution < 1.29 is 0 Å². The van der Waals surface area contributed by atoms with Crippen LogP contribution in [0.1, 0.15) is 36.7 Å². The zero-order valence-corrected chi connectivity index (χ0v) is 9.99. The Hall–Kier alpha value is -2.04. The zero-order chi connectivity index (χ0) is 12.4. The van der Waals surface area contributed by atoms with Crippen molar-refractivity contribution >= 4 is 0 Å². The van der Waals surface area contributed by atoms with Crippen molar-refractivity contribution in [2.24, 2.45) is 0 Å². The third kappa shape index (κ3) is 2.16. The van der Waals surface area contributed by atoms with E-state index in [1.807, 2.05) is 0 Å². The Morgan fingerprint density at radius 2 is 2.00 bits per heavy atom. The van der Waals surface area contributed by atoms with Gasteiger partial charge in [0, 0.05) is 24.4 Å². The van der Waals surface area contributed by atoms with Crippen LogP contribution < -0.4 is 5.56 Å². The Bertz CT molecular complexity index is 589. The van der Waals surface area contributed by atoms with Gasteiger partial charge in [0.25, 0.3) is 5.56 Å². The highest BCUT2D eigenvalue weighted by atomic mass is 16.1. The molecule has 92 valence electrons. The van der Waals surface area contributed by atoms with E-state index in [1.165, 1.54) is 11.0 Å². The summed E-state index contributed by atoms with van der Waals surface area (Å²) in [6, 6.07) is 3.40. The lowest BCUT2D eigenvalue weighted by Gasteiger charge is -2.24. The van der Waals surface area contributed by atoms with E-state index < -0.39 is 0 Å². The first-order valence-electron chi connectivity index (χ1n) is 6.15. The topological polar surface area (TPSA) is 60.7 Å². The lowest BCUT2D eigenvalue weighted by molar-refractivity contribution is 0.408. The molecule has 5 nitrogen and oxygen atoms in total. The third-order valence-electron chi connectivity index (χ3n) is 3.36. The second kappa shape index (κ2) is 4.68. The molecule has 1 aliphatic carbocycles. The minimum Gasteiger partial charge on any atom is -0.292 e. The molecule has 2 heterocycles. The second-order valence-electron chi connectivity index (χ2n) is 4.57. The standard InChI is InChI=1S/C13H14N4O/c18-13-7-11(10-3-1-4-10)16-9-17(13)8-12-14-5-2-6-15-12/h2,5-7,9-10H,1,3-4,8H2. The van der Waals surface area contributed by atoms with Gasteiger partial charge in [-0.25, -0.2) is 15.0 Å². The third-order valence-corrected chi connectivity index (χ3v) is 3.36. The quantitative estimate of drug-likeness (QED) is 0.815. The van der Waals surface area contributed by atoms with E-state index in [4.69, 9.17) is 0 Å².